The van der Waals surface area contributed by atoms with Gasteiger partial charge in [0.25, 0.3) is 0 Å². The Morgan fingerprint density at radius 1 is 1.40 bits per heavy atom. The average molecular weight is 205 g/mol. The third kappa shape index (κ3) is 2.44. The first-order valence-electron chi connectivity index (χ1n) is 5.68. The molecule has 0 atom stereocenters. The fourth-order valence-corrected chi connectivity index (χ4v) is 1.90. The maximum absolute atomic E-state index is 5.35. The number of ether oxygens (including phenoxy) is 1. The van der Waals surface area contributed by atoms with Crippen molar-refractivity contribution in [3.05, 3.63) is 23.8 Å². The molecule has 2 heteroatoms. The van der Waals surface area contributed by atoms with Crippen molar-refractivity contribution < 1.29 is 4.74 Å². The minimum absolute atomic E-state index is 0.871. The molecule has 1 fully saturated rings. The van der Waals surface area contributed by atoms with Crippen molar-refractivity contribution in [2.45, 2.75) is 26.2 Å². The number of benzene rings is 1. The Morgan fingerprint density at radius 3 is 2.80 bits per heavy atom. The lowest BCUT2D eigenvalue weighted by Gasteiger charge is -2.26. The van der Waals surface area contributed by atoms with Crippen molar-refractivity contribution in [2.24, 2.45) is 5.92 Å². The molecule has 2 rings (SSSR count). The van der Waals surface area contributed by atoms with Crippen molar-refractivity contribution in [2.75, 3.05) is 19.0 Å². The van der Waals surface area contributed by atoms with Crippen molar-refractivity contribution in [1.82, 2.24) is 0 Å². The minimum Gasteiger partial charge on any atom is -0.495 e. The van der Waals surface area contributed by atoms with E-state index in [2.05, 4.69) is 30.4 Å². The Hall–Kier alpha value is -1.18. The Kier molecular flexibility index (Phi) is 3.14. The van der Waals surface area contributed by atoms with Crippen molar-refractivity contribution in [3.63, 3.8) is 0 Å². The zero-order valence-electron chi connectivity index (χ0n) is 9.55. The molecule has 0 spiro atoms. The monoisotopic (exact) mass is 205 g/mol. The van der Waals surface area contributed by atoms with Gasteiger partial charge in [0.15, 0.2) is 0 Å². The van der Waals surface area contributed by atoms with Gasteiger partial charge in [-0.15, -0.1) is 0 Å². The maximum Gasteiger partial charge on any atom is 0.142 e. The summed E-state index contributed by atoms with van der Waals surface area (Å²) in [7, 11) is 1.73. The molecule has 0 aromatic heterocycles. The van der Waals surface area contributed by atoms with E-state index in [1.54, 1.807) is 7.11 Å². The molecular formula is C13H19NO. The van der Waals surface area contributed by atoms with Gasteiger partial charge in [-0.3, -0.25) is 0 Å². The summed E-state index contributed by atoms with van der Waals surface area (Å²) in [6.45, 7) is 3.16. The molecule has 1 saturated carbocycles. The normalized spacial score (nSPS) is 15.9. The topological polar surface area (TPSA) is 21.3 Å². The van der Waals surface area contributed by atoms with Crippen LogP contribution >= 0.6 is 0 Å². The summed E-state index contributed by atoms with van der Waals surface area (Å²) in [6, 6.07) is 6.29. The number of hydrogen-bond acceptors (Lipinski definition) is 2. The summed E-state index contributed by atoms with van der Waals surface area (Å²) in [5.74, 6) is 1.82. The average Bonchev–Trinajstić information content (AvgIpc) is 2.17. The van der Waals surface area contributed by atoms with Gasteiger partial charge in [0.2, 0.25) is 0 Å². The van der Waals surface area contributed by atoms with Crippen LogP contribution in [0.2, 0.25) is 0 Å². The summed E-state index contributed by atoms with van der Waals surface area (Å²) < 4.78 is 5.35. The third-order valence-electron chi connectivity index (χ3n) is 3.16. The first-order valence-corrected chi connectivity index (χ1v) is 5.68. The van der Waals surface area contributed by atoms with Crippen LogP contribution in [-0.2, 0) is 0 Å². The van der Waals surface area contributed by atoms with Gasteiger partial charge >= 0.3 is 0 Å². The molecule has 1 aromatic carbocycles. The van der Waals surface area contributed by atoms with Crippen molar-refractivity contribution in [1.29, 1.82) is 0 Å². The fraction of sp³-hybridized carbons (Fsp3) is 0.538. The SMILES string of the molecule is COc1cc(C)ccc1NCC1CCC1. The van der Waals surface area contributed by atoms with E-state index in [1.165, 1.54) is 24.8 Å². The summed E-state index contributed by atoms with van der Waals surface area (Å²) in [4.78, 5) is 0. The molecule has 0 heterocycles. The quantitative estimate of drug-likeness (QED) is 0.815. The molecule has 0 bridgehead atoms. The van der Waals surface area contributed by atoms with Crippen LogP contribution in [0.1, 0.15) is 24.8 Å². The zero-order chi connectivity index (χ0) is 10.7. The van der Waals surface area contributed by atoms with Gasteiger partial charge in [0, 0.05) is 6.54 Å². The van der Waals surface area contributed by atoms with Gasteiger partial charge in [-0.2, -0.15) is 0 Å². The highest BCUT2D eigenvalue weighted by atomic mass is 16.5. The Labute approximate surface area is 91.6 Å². The summed E-state index contributed by atoms with van der Waals surface area (Å²) in [5, 5.41) is 3.47. The van der Waals surface area contributed by atoms with Gasteiger partial charge in [-0.1, -0.05) is 12.5 Å². The lowest BCUT2D eigenvalue weighted by atomic mass is 9.85. The lowest BCUT2D eigenvalue weighted by molar-refractivity contribution is 0.333. The highest BCUT2D eigenvalue weighted by Gasteiger charge is 2.17. The maximum atomic E-state index is 5.35. The molecule has 1 N–H and O–H groups in total. The van der Waals surface area contributed by atoms with E-state index in [0.29, 0.717) is 0 Å². The molecule has 0 unspecified atom stereocenters. The van der Waals surface area contributed by atoms with E-state index in [9.17, 15) is 0 Å². The molecule has 0 radical (unpaired) electrons. The Morgan fingerprint density at radius 2 is 2.20 bits per heavy atom. The van der Waals surface area contributed by atoms with E-state index in [0.717, 1.165) is 23.9 Å². The largest absolute Gasteiger partial charge is 0.495 e. The highest BCUT2D eigenvalue weighted by Crippen LogP contribution is 2.29. The van der Waals surface area contributed by atoms with Crippen LogP contribution < -0.4 is 10.1 Å². The van der Waals surface area contributed by atoms with Gasteiger partial charge < -0.3 is 10.1 Å². The zero-order valence-corrected chi connectivity index (χ0v) is 9.55. The summed E-state index contributed by atoms with van der Waals surface area (Å²) >= 11 is 0. The second-order valence-corrected chi connectivity index (χ2v) is 4.38. The van der Waals surface area contributed by atoms with E-state index in [4.69, 9.17) is 4.74 Å². The van der Waals surface area contributed by atoms with Crippen molar-refractivity contribution >= 4 is 5.69 Å². The number of anilines is 1. The third-order valence-corrected chi connectivity index (χ3v) is 3.16. The molecule has 1 aromatic rings. The smallest absolute Gasteiger partial charge is 0.142 e. The van der Waals surface area contributed by atoms with Gasteiger partial charge in [0.1, 0.15) is 5.75 Å². The number of rotatable bonds is 4. The van der Waals surface area contributed by atoms with E-state index in [-0.39, 0.29) is 0 Å². The van der Waals surface area contributed by atoms with Crippen LogP contribution in [0.25, 0.3) is 0 Å². The van der Waals surface area contributed by atoms with E-state index < -0.39 is 0 Å². The molecule has 15 heavy (non-hydrogen) atoms. The molecule has 2 nitrogen and oxygen atoms in total. The van der Waals surface area contributed by atoms with Crippen LogP contribution in [-0.4, -0.2) is 13.7 Å². The molecule has 0 aliphatic heterocycles. The molecular weight excluding hydrogens is 186 g/mol. The van der Waals surface area contributed by atoms with Gasteiger partial charge in [-0.05, 0) is 43.4 Å². The highest BCUT2D eigenvalue weighted by molar-refractivity contribution is 5.57. The van der Waals surface area contributed by atoms with Crippen LogP contribution in [0.4, 0.5) is 5.69 Å². The summed E-state index contributed by atoms with van der Waals surface area (Å²) in [6.07, 6.45) is 4.15. The molecule has 0 saturated heterocycles. The second-order valence-electron chi connectivity index (χ2n) is 4.38. The van der Waals surface area contributed by atoms with Crippen LogP contribution in [0.5, 0.6) is 5.75 Å². The fourth-order valence-electron chi connectivity index (χ4n) is 1.90. The van der Waals surface area contributed by atoms with Crippen LogP contribution in [0, 0.1) is 12.8 Å². The predicted octanol–water partition coefficient (Wildman–Crippen LogP) is 3.22. The van der Waals surface area contributed by atoms with Gasteiger partial charge in [-0.25, -0.2) is 0 Å². The Balaban J connectivity index is 1.99. The van der Waals surface area contributed by atoms with Crippen molar-refractivity contribution in [3.8, 4) is 5.75 Å². The number of methoxy groups -OCH3 is 1. The standard InChI is InChI=1S/C13H19NO/c1-10-6-7-12(13(8-10)15-2)14-9-11-4-3-5-11/h6-8,11,14H,3-5,9H2,1-2H3. The van der Waals surface area contributed by atoms with Crippen LogP contribution in [0.3, 0.4) is 0 Å². The summed E-state index contributed by atoms with van der Waals surface area (Å²) in [5.41, 5.74) is 2.36. The second kappa shape index (κ2) is 4.56. The number of aryl methyl sites for hydroxylation is 1. The molecule has 0 amide bonds. The first kappa shape index (κ1) is 10.3. The van der Waals surface area contributed by atoms with E-state index >= 15 is 0 Å². The molecule has 1 aliphatic rings. The Bertz CT molecular complexity index is 331. The number of hydrogen-bond donors (Lipinski definition) is 1. The minimum atomic E-state index is 0.871. The van der Waals surface area contributed by atoms with E-state index in [1.807, 2.05) is 0 Å². The first-order chi connectivity index (χ1) is 7.29. The molecule has 82 valence electrons. The predicted molar refractivity (Wildman–Crippen MR) is 63.6 cm³/mol. The lowest BCUT2D eigenvalue weighted by Crippen LogP contribution is -2.21. The number of nitrogens with one attached hydrogen (secondary N) is 1. The molecule has 1 aliphatic carbocycles. The van der Waals surface area contributed by atoms with Crippen LogP contribution in [0.15, 0.2) is 18.2 Å². The van der Waals surface area contributed by atoms with Gasteiger partial charge in [0.05, 0.1) is 12.8 Å².